The number of aromatic nitrogens is 3. The van der Waals surface area contributed by atoms with Gasteiger partial charge in [0.15, 0.2) is 0 Å². The molecule has 0 N–H and O–H groups in total. The monoisotopic (exact) mass is 430 g/mol. The zero-order valence-electron chi connectivity index (χ0n) is 18.3. The Morgan fingerprint density at radius 2 is 2.17 bits per heavy atom. The maximum atomic E-state index is 13.7. The van der Waals surface area contributed by atoms with E-state index in [1.165, 1.54) is 0 Å². The van der Waals surface area contributed by atoms with Gasteiger partial charge in [-0.25, -0.2) is 14.8 Å². The molecule has 162 valence electrons. The lowest BCUT2D eigenvalue weighted by Gasteiger charge is -2.28. The molecular formula is C21H30N6O2S. The summed E-state index contributed by atoms with van der Waals surface area (Å²) in [6.45, 7) is 8.35. The van der Waals surface area contributed by atoms with E-state index in [0.717, 1.165) is 22.8 Å². The molecule has 0 saturated carbocycles. The second-order valence-corrected chi connectivity index (χ2v) is 10.0. The maximum absolute atomic E-state index is 13.7. The number of nitrogens with zero attached hydrogens (tertiary/aromatic N) is 6. The third-order valence-corrected chi connectivity index (χ3v) is 7.15. The summed E-state index contributed by atoms with van der Waals surface area (Å²) in [6, 6.07) is 0.244. The van der Waals surface area contributed by atoms with E-state index < -0.39 is 5.41 Å². The molecule has 0 aromatic carbocycles. The number of imidazole rings is 1. The first-order chi connectivity index (χ1) is 14.2. The van der Waals surface area contributed by atoms with Crippen LogP contribution in [-0.4, -0.2) is 74.9 Å². The molecule has 30 heavy (non-hydrogen) atoms. The lowest BCUT2D eigenvalue weighted by Crippen LogP contribution is -2.42. The summed E-state index contributed by atoms with van der Waals surface area (Å²) in [5.41, 5.74) is 1.22. The zero-order chi connectivity index (χ0) is 21.6. The van der Waals surface area contributed by atoms with Crippen LogP contribution in [0.3, 0.4) is 0 Å². The van der Waals surface area contributed by atoms with Crippen LogP contribution < -0.4 is 0 Å². The van der Waals surface area contributed by atoms with Crippen molar-refractivity contribution in [1.82, 2.24) is 29.2 Å². The Bertz CT molecular complexity index is 951. The largest absolute Gasteiger partial charge is 0.336 e. The second-order valence-electron chi connectivity index (χ2n) is 8.94. The van der Waals surface area contributed by atoms with Crippen LogP contribution in [0.5, 0.6) is 0 Å². The Balaban J connectivity index is 1.64. The van der Waals surface area contributed by atoms with Gasteiger partial charge in [-0.05, 0) is 27.2 Å². The number of rotatable bonds is 4. The number of thiazole rings is 1. The fourth-order valence-electron chi connectivity index (χ4n) is 4.69. The zero-order valence-corrected chi connectivity index (χ0v) is 19.1. The van der Waals surface area contributed by atoms with Gasteiger partial charge >= 0.3 is 6.03 Å². The van der Waals surface area contributed by atoms with Crippen LogP contribution in [0.15, 0.2) is 17.9 Å². The number of likely N-dealkylation sites (tertiary alicyclic amines) is 2. The van der Waals surface area contributed by atoms with Gasteiger partial charge in [0.05, 0.1) is 34.7 Å². The molecule has 0 bridgehead atoms. The summed E-state index contributed by atoms with van der Waals surface area (Å²) in [7, 11) is 3.51. The first-order valence-corrected chi connectivity index (χ1v) is 11.3. The predicted octanol–water partition coefficient (Wildman–Crippen LogP) is 2.73. The maximum Gasteiger partial charge on any atom is 0.319 e. The average molecular weight is 431 g/mol. The summed E-state index contributed by atoms with van der Waals surface area (Å²) < 4.78 is 2.06. The Hall–Kier alpha value is -2.42. The number of carbonyl (C=O) groups excluding carboxylic acids is 2. The number of urea groups is 1. The van der Waals surface area contributed by atoms with E-state index in [1.807, 2.05) is 34.6 Å². The molecular weight excluding hydrogens is 400 g/mol. The van der Waals surface area contributed by atoms with E-state index in [9.17, 15) is 9.59 Å². The minimum atomic E-state index is -0.618. The van der Waals surface area contributed by atoms with Gasteiger partial charge in [0.1, 0.15) is 0 Å². The van der Waals surface area contributed by atoms with E-state index >= 15 is 0 Å². The second kappa shape index (κ2) is 7.68. The number of hydrogen-bond donors (Lipinski definition) is 0. The van der Waals surface area contributed by atoms with Gasteiger partial charge < -0.3 is 19.3 Å². The highest BCUT2D eigenvalue weighted by Crippen LogP contribution is 2.50. The molecule has 4 heterocycles. The van der Waals surface area contributed by atoms with Gasteiger partial charge in [-0.3, -0.25) is 4.79 Å². The molecule has 8 nitrogen and oxygen atoms in total. The predicted molar refractivity (Wildman–Crippen MR) is 115 cm³/mol. The Kier molecular flexibility index (Phi) is 5.34. The van der Waals surface area contributed by atoms with Crippen molar-refractivity contribution in [2.45, 2.75) is 45.7 Å². The number of hydrogen-bond acceptors (Lipinski definition) is 5. The quantitative estimate of drug-likeness (QED) is 0.748. The molecule has 2 saturated heterocycles. The highest BCUT2D eigenvalue weighted by molar-refractivity contribution is 7.09. The van der Waals surface area contributed by atoms with Crippen LogP contribution in [-0.2, 0) is 11.3 Å². The number of aryl methyl sites for hydroxylation is 1. The molecule has 2 aromatic rings. The minimum Gasteiger partial charge on any atom is -0.336 e. The molecule has 2 aliphatic rings. The molecule has 2 aromatic heterocycles. The number of carbonyl (C=O) groups is 2. The normalized spacial score (nSPS) is 23.9. The van der Waals surface area contributed by atoms with E-state index in [2.05, 4.69) is 28.4 Å². The average Bonchev–Trinajstić information content (AvgIpc) is 3.46. The molecule has 0 aliphatic carbocycles. The Morgan fingerprint density at radius 1 is 1.40 bits per heavy atom. The Morgan fingerprint density at radius 3 is 2.77 bits per heavy atom. The fourth-order valence-corrected chi connectivity index (χ4v) is 5.29. The molecule has 0 radical (unpaired) electrons. The van der Waals surface area contributed by atoms with Crippen molar-refractivity contribution in [1.29, 1.82) is 0 Å². The van der Waals surface area contributed by atoms with Gasteiger partial charge in [0.25, 0.3) is 0 Å². The van der Waals surface area contributed by atoms with E-state index in [1.54, 1.807) is 30.3 Å². The molecule has 0 unspecified atom stereocenters. The van der Waals surface area contributed by atoms with Gasteiger partial charge in [-0.1, -0.05) is 0 Å². The van der Waals surface area contributed by atoms with Crippen molar-refractivity contribution in [2.75, 3.05) is 33.7 Å². The van der Waals surface area contributed by atoms with Gasteiger partial charge in [-0.2, -0.15) is 0 Å². The van der Waals surface area contributed by atoms with Crippen LogP contribution in [0.25, 0.3) is 0 Å². The summed E-state index contributed by atoms with van der Waals surface area (Å²) in [5.74, 6) is 0.0161. The summed E-state index contributed by atoms with van der Waals surface area (Å²) >= 11 is 1.60. The summed E-state index contributed by atoms with van der Waals surface area (Å²) in [5, 5.41) is 3.03. The molecule has 9 heteroatoms. The van der Waals surface area contributed by atoms with Crippen molar-refractivity contribution in [2.24, 2.45) is 5.41 Å². The van der Waals surface area contributed by atoms with E-state index in [4.69, 9.17) is 0 Å². The van der Waals surface area contributed by atoms with Crippen molar-refractivity contribution >= 4 is 23.3 Å². The van der Waals surface area contributed by atoms with Crippen LogP contribution in [0, 0.1) is 12.3 Å². The van der Waals surface area contributed by atoms with Crippen molar-refractivity contribution in [3.05, 3.63) is 34.3 Å². The Labute approximate surface area is 181 Å². The van der Waals surface area contributed by atoms with Crippen LogP contribution in [0.2, 0.25) is 0 Å². The third kappa shape index (κ3) is 3.49. The van der Waals surface area contributed by atoms with Crippen molar-refractivity contribution < 1.29 is 9.59 Å². The highest BCUT2D eigenvalue weighted by atomic mass is 32.1. The SMILES string of the molecule is Cc1nc(CN2CC[C@@]3(CN(C(=O)N(C)C)C[C@H]3c3cn(C(C)C)cn3)C2=O)cs1. The number of amides is 3. The van der Waals surface area contributed by atoms with E-state index in [-0.39, 0.29) is 17.9 Å². The first kappa shape index (κ1) is 20.8. The summed E-state index contributed by atoms with van der Waals surface area (Å²) in [4.78, 5) is 41.0. The van der Waals surface area contributed by atoms with Crippen LogP contribution in [0.1, 0.15) is 48.6 Å². The minimum absolute atomic E-state index is 0.0541. The molecule has 4 rings (SSSR count). The third-order valence-electron chi connectivity index (χ3n) is 6.33. The molecule has 3 amide bonds. The van der Waals surface area contributed by atoms with Crippen LogP contribution >= 0.6 is 11.3 Å². The molecule has 1 spiro atoms. The van der Waals surface area contributed by atoms with Gasteiger partial charge in [-0.15, -0.1) is 11.3 Å². The van der Waals surface area contributed by atoms with Crippen LogP contribution in [0.4, 0.5) is 4.79 Å². The molecule has 2 aliphatic heterocycles. The molecule has 2 fully saturated rings. The van der Waals surface area contributed by atoms with Gasteiger partial charge in [0.2, 0.25) is 5.91 Å². The van der Waals surface area contributed by atoms with E-state index in [0.29, 0.717) is 32.2 Å². The van der Waals surface area contributed by atoms with Crippen molar-refractivity contribution in [3.8, 4) is 0 Å². The lowest BCUT2D eigenvalue weighted by atomic mass is 9.75. The summed E-state index contributed by atoms with van der Waals surface area (Å²) in [6.07, 6.45) is 4.60. The topological polar surface area (TPSA) is 74.6 Å². The first-order valence-electron chi connectivity index (χ1n) is 10.4. The lowest BCUT2D eigenvalue weighted by molar-refractivity contribution is -0.136. The highest BCUT2D eigenvalue weighted by Gasteiger charge is 2.58. The molecule has 2 atom stereocenters. The van der Waals surface area contributed by atoms with Gasteiger partial charge in [0, 0.05) is 57.3 Å². The standard InChI is InChI=1S/C21H30N6O2S/c1-14(2)27-10-18(22-13-27)17-9-26(20(29)24(4)5)12-21(17)6-7-25(19(21)28)8-16-11-30-15(3)23-16/h10-11,13-14,17H,6-9,12H2,1-5H3/t17-,21-/m0/s1. The van der Waals surface area contributed by atoms with Crippen molar-refractivity contribution in [3.63, 3.8) is 0 Å². The fraction of sp³-hybridized carbons (Fsp3) is 0.619. The smallest absolute Gasteiger partial charge is 0.319 e.